The van der Waals surface area contributed by atoms with E-state index in [0.29, 0.717) is 12.5 Å². The molecule has 2 saturated heterocycles. The Morgan fingerprint density at radius 2 is 1.77 bits per heavy atom. The standard InChI is InChI=1S/C17H24N8O/c1-12-10-15(21-16(18)20-12)23-6-8-24(9-7-23)17-19-4-2-14(22-17)25-5-3-13(26)11-25/h2,4,10,13,26H,3,5-9,11H2,1H3,(H2,18,20,21). The molecule has 1 unspecified atom stereocenters. The Morgan fingerprint density at radius 3 is 2.46 bits per heavy atom. The number of rotatable bonds is 3. The van der Waals surface area contributed by atoms with E-state index in [1.165, 1.54) is 0 Å². The molecule has 0 bridgehead atoms. The van der Waals surface area contributed by atoms with Gasteiger partial charge in [0.25, 0.3) is 0 Å². The molecule has 3 N–H and O–H groups in total. The molecule has 2 aromatic rings. The number of hydrogen-bond acceptors (Lipinski definition) is 9. The second-order valence-electron chi connectivity index (χ2n) is 6.80. The summed E-state index contributed by atoms with van der Waals surface area (Å²) in [4.78, 5) is 24.1. The Morgan fingerprint density at radius 1 is 1.00 bits per heavy atom. The number of anilines is 4. The van der Waals surface area contributed by atoms with Gasteiger partial charge in [0.1, 0.15) is 11.6 Å². The maximum atomic E-state index is 9.74. The van der Waals surface area contributed by atoms with E-state index in [1.54, 1.807) is 6.20 Å². The number of hydrogen-bond donors (Lipinski definition) is 2. The highest BCUT2D eigenvalue weighted by Crippen LogP contribution is 2.22. The van der Waals surface area contributed by atoms with Gasteiger partial charge in [0.2, 0.25) is 11.9 Å². The highest BCUT2D eigenvalue weighted by Gasteiger charge is 2.24. The number of aryl methyl sites for hydroxylation is 1. The molecule has 9 nitrogen and oxygen atoms in total. The van der Waals surface area contributed by atoms with Gasteiger partial charge >= 0.3 is 0 Å². The summed E-state index contributed by atoms with van der Waals surface area (Å²) in [5.41, 5.74) is 6.64. The zero-order valence-corrected chi connectivity index (χ0v) is 14.9. The van der Waals surface area contributed by atoms with E-state index < -0.39 is 0 Å². The molecule has 0 amide bonds. The lowest BCUT2D eigenvalue weighted by molar-refractivity contribution is 0.198. The third kappa shape index (κ3) is 3.48. The first-order chi connectivity index (χ1) is 12.6. The largest absolute Gasteiger partial charge is 0.391 e. The van der Waals surface area contributed by atoms with Gasteiger partial charge in [0.15, 0.2) is 0 Å². The van der Waals surface area contributed by atoms with Gasteiger partial charge in [-0.25, -0.2) is 9.97 Å². The lowest BCUT2D eigenvalue weighted by Crippen LogP contribution is -2.47. The Balaban J connectivity index is 1.43. The van der Waals surface area contributed by atoms with Crippen molar-refractivity contribution in [3.8, 4) is 0 Å². The van der Waals surface area contributed by atoms with Gasteiger partial charge in [-0.15, -0.1) is 0 Å². The minimum atomic E-state index is -0.263. The number of aromatic nitrogens is 4. The predicted molar refractivity (Wildman–Crippen MR) is 100 cm³/mol. The van der Waals surface area contributed by atoms with Crippen molar-refractivity contribution in [2.45, 2.75) is 19.4 Å². The summed E-state index contributed by atoms with van der Waals surface area (Å²) in [6.07, 6.45) is 2.32. The van der Waals surface area contributed by atoms with Gasteiger partial charge in [0.05, 0.1) is 6.10 Å². The Hall–Kier alpha value is -2.68. The van der Waals surface area contributed by atoms with Crippen LogP contribution in [0, 0.1) is 6.92 Å². The number of nitrogen functional groups attached to an aromatic ring is 1. The first-order valence-corrected chi connectivity index (χ1v) is 8.95. The first kappa shape index (κ1) is 16.8. The van der Waals surface area contributed by atoms with Crippen molar-refractivity contribution in [2.24, 2.45) is 0 Å². The minimum absolute atomic E-state index is 0.263. The smallest absolute Gasteiger partial charge is 0.227 e. The molecule has 4 rings (SSSR count). The summed E-state index contributed by atoms with van der Waals surface area (Å²) in [6, 6.07) is 3.87. The Labute approximate surface area is 152 Å². The third-order valence-corrected chi connectivity index (χ3v) is 4.86. The van der Waals surface area contributed by atoms with Gasteiger partial charge in [-0.3, -0.25) is 0 Å². The quantitative estimate of drug-likeness (QED) is 0.789. The topological polar surface area (TPSA) is 108 Å². The van der Waals surface area contributed by atoms with Crippen molar-refractivity contribution in [3.05, 3.63) is 24.0 Å². The van der Waals surface area contributed by atoms with E-state index in [4.69, 9.17) is 10.7 Å². The van der Waals surface area contributed by atoms with Crippen molar-refractivity contribution < 1.29 is 5.11 Å². The number of nitrogens with two attached hydrogens (primary N) is 1. The van der Waals surface area contributed by atoms with Crippen LogP contribution < -0.4 is 20.4 Å². The number of nitrogens with zero attached hydrogens (tertiary/aromatic N) is 7. The van der Waals surface area contributed by atoms with Crippen LogP contribution in [0.2, 0.25) is 0 Å². The maximum Gasteiger partial charge on any atom is 0.227 e. The lowest BCUT2D eigenvalue weighted by Gasteiger charge is -2.35. The van der Waals surface area contributed by atoms with Crippen LogP contribution in [0.3, 0.4) is 0 Å². The average Bonchev–Trinajstić information content (AvgIpc) is 3.08. The predicted octanol–water partition coefficient (Wildman–Crippen LogP) is 0.0548. The van der Waals surface area contributed by atoms with Crippen LogP contribution in [0.25, 0.3) is 0 Å². The zero-order chi connectivity index (χ0) is 18.1. The van der Waals surface area contributed by atoms with Gasteiger partial charge in [-0.1, -0.05) is 0 Å². The van der Waals surface area contributed by atoms with E-state index in [-0.39, 0.29) is 6.10 Å². The summed E-state index contributed by atoms with van der Waals surface area (Å²) < 4.78 is 0. The monoisotopic (exact) mass is 356 g/mol. The first-order valence-electron chi connectivity index (χ1n) is 8.95. The summed E-state index contributed by atoms with van der Waals surface area (Å²) in [7, 11) is 0. The van der Waals surface area contributed by atoms with Gasteiger partial charge in [-0.2, -0.15) is 9.97 Å². The average molecular weight is 356 g/mol. The number of piperazine rings is 1. The molecule has 26 heavy (non-hydrogen) atoms. The second kappa shape index (κ2) is 6.91. The molecule has 0 spiro atoms. The molecule has 0 aromatic carbocycles. The summed E-state index contributed by atoms with van der Waals surface area (Å²) in [5, 5.41) is 9.74. The van der Waals surface area contributed by atoms with Crippen molar-refractivity contribution in [1.82, 2.24) is 19.9 Å². The normalized spacial score (nSPS) is 20.7. The molecule has 2 aliphatic rings. The van der Waals surface area contributed by atoms with Crippen LogP contribution >= 0.6 is 0 Å². The number of β-amino-alcohol motifs (C(OH)–C–C–N with tert-alkyl or cyclic N) is 1. The number of aliphatic hydroxyl groups is 1. The van der Waals surface area contributed by atoms with E-state index in [1.807, 2.05) is 19.1 Å². The molecular formula is C17H24N8O. The molecule has 0 saturated carbocycles. The summed E-state index contributed by atoms with van der Waals surface area (Å²) in [5.74, 6) is 2.80. The molecule has 1 atom stereocenters. The van der Waals surface area contributed by atoms with E-state index >= 15 is 0 Å². The lowest BCUT2D eigenvalue weighted by atomic mass is 10.3. The third-order valence-electron chi connectivity index (χ3n) is 4.86. The molecule has 0 aliphatic carbocycles. The Kier molecular flexibility index (Phi) is 4.46. The molecule has 2 aromatic heterocycles. The van der Waals surface area contributed by atoms with Crippen LogP contribution in [0.4, 0.5) is 23.5 Å². The van der Waals surface area contributed by atoms with E-state index in [9.17, 15) is 5.11 Å². The molecule has 0 radical (unpaired) electrons. The van der Waals surface area contributed by atoms with Crippen LogP contribution in [0.1, 0.15) is 12.1 Å². The highest BCUT2D eigenvalue weighted by molar-refractivity contribution is 5.48. The molecule has 4 heterocycles. The number of aliphatic hydroxyl groups excluding tert-OH is 1. The highest BCUT2D eigenvalue weighted by atomic mass is 16.3. The van der Waals surface area contributed by atoms with Crippen molar-refractivity contribution >= 4 is 23.5 Å². The fourth-order valence-electron chi connectivity index (χ4n) is 3.49. The van der Waals surface area contributed by atoms with Crippen LogP contribution in [0.15, 0.2) is 18.3 Å². The summed E-state index contributed by atoms with van der Waals surface area (Å²) in [6.45, 7) is 6.67. The van der Waals surface area contributed by atoms with E-state index in [2.05, 4.69) is 29.7 Å². The molecular weight excluding hydrogens is 332 g/mol. The molecule has 2 aliphatic heterocycles. The van der Waals surface area contributed by atoms with Crippen LogP contribution in [0.5, 0.6) is 0 Å². The zero-order valence-electron chi connectivity index (χ0n) is 14.9. The fourth-order valence-corrected chi connectivity index (χ4v) is 3.49. The van der Waals surface area contributed by atoms with Crippen molar-refractivity contribution in [2.75, 3.05) is 59.7 Å². The van der Waals surface area contributed by atoms with Crippen LogP contribution in [-0.2, 0) is 0 Å². The van der Waals surface area contributed by atoms with Crippen molar-refractivity contribution in [3.63, 3.8) is 0 Å². The fraction of sp³-hybridized carbons (Fsp3) is 0.529. The molecule has 138 valence electrons. The maximum absolute atomic E-state index is 9.74. The van der Waals surface area contributed by atoms with Gasteiger partial charge < -0.3 is 25.5 Å². The van der Waals surface area contributed by atoms with Crippen molar-refractivity contribution in [1.29, 1.82) is 0 Å². The molecule has 9 heteroatoms. The molecule has 2 fully saturated rings. The minimum Gasteiger partial charge on any atom is -0.391 e. The van der Waals surface area contributed by atoms with Gasteiger partial charge in [0, 0.05) is 57.2 Å². The van der Waals surface area contributed by atoms with Crippen LogP contribution in [-0.4, -0.2) is 70.4 Å². The summed E-state index contributed by atoms with van der Waals surface area (Å²) >= 11 is 0. The SMILES string of the molecule is Cc1cc(N2CCN(c3nccc(N4CCC(O)C4)n3)CC2)nc(N)n1. The van der Waals surface area contributed by atoms with Gasteiger partial charge in [-0.05, 0) is 19.4 Å². The Bertz CT molecular complexity index is 757. The second-order valence-corrected chi connectivity index (χ2v) is 6.80. The van der Waals surface area contributed by atoms with E-state index in [0.717, 1.165) is 62.4 Å².